The van der Waals surface area contributed by atoms with E-state index in [1.54, 1.807) is 59.5 Å². The van der Waals surface area contributed by atoms with Crippen LogP contribution in [0.15, 0.2) is 68.9 Å². The number of amides is 1. The molecule has 1 aromatic heterocycles. The second-order valence-electron chi connectivity index (χ2n) is 8.25. The van der Waals surface area contributed by atoms with Crippen molar-refractivity contribution in [2.75, 3.05) is 0 Å². The topological polar surface area (TPSA) is 45.8 Å². The van der Waals surface area contributed by atoms with E-state index in [-0.39, 0.29) is 17.6 Å². The Morgan fingerprint density at radius 1 is 1.06 bits per heavy atom. The predicted molar refractivity (Wildman–Crippen MR) is 137 cm³/mol. The number of thioether (sulfide) groups is 1. The number of para-hydroxylation sites is 1. The Labute approximate surface area is 211 Å². The van der Waals surface area contributed by atoms with Crippen LogP contribution in [0.4, 0.5) is 10.1 Å². The van der Waals surface area contributed by atoms with Gasteiger partial charge in [0, 0.05) is 22.7 Å². The number of benzene rings is 2. The maximum absolute atomic E-state index is 14.3. The number of furan rings is 1. The van der Waals surface area contributed by atoms with Gasteiger partial charge in [-0.3, -0.25) is 9.69 Å². The monoisotopic (exact) mass is 514 g/mol. The average Bonchev–Trinajstić information content (AvgIpc) is 3.40. The largest absolute Gasteiger partial charge is 0.457 e. The molecule has 1 aliphatic carbocycles. The number of halogens is 3. The minimum absolute atomic E-state index is 0.0604. The van der Waals surface area contributed by atoms with E-state index in [2.05, 4.69) is 4.99 Å². The molecular weight excluding hydrogens is 494 g/mol. The summed E-state index contributed by atoms with van der Waals surface area (Å²) in [7, 11) is 0. The number of hydrogen-bond donors (Lipinski definition) is 0. The quantitative estimate of drug-likeness (QED) is 0.328. The van der Waals surface area contributed by atoms with E-state index < -0.39 is 5.82 Å². The lowest BCUT2D eigenvalue weighted by atomic mass is 9.94. The lowest BCUT2D eigenvalue weighted by molar-refractivity contribution is -0.124. The van der Waals surface area contributed by atoms with E-state index in [1.807, 2.05) is 0 Å². The van der Waals surface area contributed by atoms with Crippen molar-refractivity contribution in [3.63, 3.8) is 0 Å². The van der Waals surface area contributed by atoms with Crippen LogP contribution in [0.2, 0.25) is 10.0 Å². The minimum atomic E-state index is -0.417. The second kappa shape index (κ2) is 9.98. The molecule has 0 atom stereocenters. The molecule has 4 nitrogen and oxygen atoms in total. The first-order valence-electron chi connectivity index (χ1n) is 11.1. The van der Waals surface area contributed by atoms with Crippen LogP contribution in [0.3, 0.4) is 0 Å². The number of rotatable bonds is 4. The molecule has 0 unspecified atom stereocenters. The van der Waals surface area contributed by atoms with Gasteiger partial charge in [0.25, 0.3) is 5.91 Å². The highest BCUT2D eigenvalue weighted by Gasteiger charge is 2.39. The van der Waals surface area contributed by atoms with Crippen molar-refractivity contribution in [3.8, 4) is 11.3 Å². The molecule has 2 fully saturated rings. The molecule has 1 saturated heterocycles. The smallest absolute Gasteiger partial charge is 0.267 e. The first-order chi connectivity index (χ1) is 16.5. The van der Waals surface area contributed by atoms with Crippen molar-refractivity contribution >= 4 is 57.8 Å². The van der Waals surface area contributed by atoms with Gasteiger partial charge in [0.05, 0.1) is 9.93 Å². The molecule has 2 aromatic carbocycles. The van der Waals surface area contributed by atoms with Crippen LogP contribution in [-0.4, -0.2) is 22.0 Å². The third-order valence-corrected chi connectivity index (χ3v) is 7.47. The summed E-state index contributed by atoms with van der Waals surface area (Å²) in [6.45, 7) is 0. The molecule has 34 heavy (non-hydrogen) atoms. The van der Waals surface area contributed by atoms with E-state index in [0.29, 0.717) is 37.2 Å². The molecule has 0 radical (unpaired) electrons. The van der Waals surface area contributed by atoms with Crippen LogP contribution < -0.4 is 0 Å². The zero-order chi connectivity index (χ0) is 23.7. The molecule has 1 amide bonds. The molecule has 2 aliphatic rings. The summed E-state index contributed by atoms with van der Waals surface area (Å²) in [6, 6.07) is 15.2. The van der Waals surface area contributed by atoms with Gasteiger partial charge in [-0.25, -0.2) is 9.38 Å². The molecule has 1 saturated carbocycles. The molecule has 1 aliphatic heterocycles. The van der Waals surface area contributed by atoms with E-state index in [1.165, 1.54) is 17.8 Å². The zero-order valence-electron chi connectivity index (χ0n) is 18.1. The van der Waals surface area contributed by atoms with Gasteiger partial charge in [-0.2, -0.15) is 0 Å². The highest BCUT2D eigenvalue weighted by molar-refractivity contribution is 8.18. The van der Waals surface area contributed by atoms with Gasteiger partial charge >= 0.3 is 0 Å². The third kappa shape index (κ3) is 4.81. The van der Waals surface area contributed by atoms with E-state index in [9.17, 15) is 9.18 Å². The Morgan fingerprint density at radius 3 is 2.62 bits per heavy atom. The first kappa shape index (κ1) is 23.2. The molecule has 0 N–H and O–H groups in total. The minimum Gasteiger partial charge on any atom is -0.457 e. The first-order valence-corrected chi connectivity index (χ1v) is 12.7. The van der Waals surface area contributed by atoms with Crippen molar-refractivity contribution < 1.29 is 13.6 Å². The number of carbonyl (C=O) groups is 1. The van der Waals surface area contributed by atoms with Crippen molar-refractivity contribution in [2.45, 2.75) is 38.1 Å². The number of aliphatic imine (C=N–C) groups is 1. The zero-order valence-corrected chi connectivity index (χ0v) is 20.5. The molecule has 8 heteroatoms. The van der Waals surface area contributed by atoms with Gasteiger partial charge in [-0.15, -0.1) is 0 Å². The third-order valence-electron chi connectivity index (χ3n) is 5.94. The van der Waals surface area contributed by atoms with Crippen LogP contribution in [0, 0.1) is 5.82 Å². The van der Waals surface area contributed by atoms with Crippen molar-refractivity contribution in [1.82, 2.24) is 4.90 Å². The highest BCUT2D eigenvalue weighted by atomic mass is 35.5. The van der Waals surface area contributed by atoms with Crippen molar-refractivity contribution in [3.05, 3.63) is 81.1 Å². The highest BCUT2D eigenvalue weighted by Crippen LogP contribution is 2.39. The Hall–Kier alpha value is -2.54. The Kier molecular flexibility index (Phi) is 6.82. The maximum atomic E-state index is 14.3. The number of amidine groups is 1. The van der Waals surface area contributed by atoms with Crippen molar-refractivity contribution in [1.29, 1.82) is 0 Å². The normalized spacial score (nSPS) is 19.5. The number of nitrogens with zero attached hydrogens (tertiary/aromatic N) is 2. The number of carbonyl (C=O) groups excluding carboxylic acids is 1. The van der Waals surface area contributed by atoms with Gasteiger partial charge < -0.3 is 4.42 Å². The van der Waals surface area contributed by atoms with Gasteiger partial charge in [0.2, 0.25) is 0 Å². The second-order valence-corrected chi connectivity index (χ2v) is 10.1. The standard InChI is InChI=1S/C26H21Cl2FN2O2S/c27-16-10-12-19(20(28)14-16)23-13-11-18(33-23)15-24-25(32)31(17-6-2-1-3-7-17)26(34-24)30-22-9-5-4-8-21(22)29/h4-5,8-15,17H,1-3,6-7H2/b24-15-,30-26?. The van der Waals surface area contributed by atoms with Crippen LogP contribution in [0.25, 0.3) is 17.4 Å². The van der Waals surface area contributed by atoms with Crippen LogP contribution in [0.1, 0.15) is 37.9 Å². The Morgan fingerprint density at radius 2 is 1.85 bits per heavy atom. The van der Waals surface area contributed by atoms with E-state index in [4.69, 9.17) is 27.6 Å². The van der Waals surface area contributed by atoms with E-state index in [0.717, 1.165) is 32.1 Å². The summed E-state index contributed by atoms with van der Waals surface area (Å²) in [5, 5.41) is 1.52. The van der Waals surface area contributed by atoms with Crippen LogP contribution in [-0.2, 0) is 4.79 Å². The Balaban J connectivity index is 1.48. The molecule has 0 bridgehead atoms. The van der Waals surface area contributed by atoms with Crippen LogP contribution >= 0.6 is 35.0 Å². The molecule has 5 rings (SSSR count). The fourth-order valence-electron chi connectivity index (χ4n) is 4.27. The van der Waals surface area contributed by atoms with E-state index >= 15 is 0 Å². The molecule has 2 heterocycles. The average molecular weight is 515 g/mol. The maximum Gasteiger partial charge on any atom is 0.267 e. The van der Waals surface area contributed by atoms with Gasteiger partial charge in [0.1, 0.15) is 23.0 Å². The summed E-state index contributed by atoms with van der Waals surface area (Å²) in [4.78, 5) is 20.2. The summed E-state index contributed by atoms with van der Waals surface area (Å²) in [6.07, 6.45) is 6.82. The summed E-state index contributed by atoms with van der Waals surface area (Å²) >= 11 is 13.6. The van der Waals surface area contributed by atoms with Gasteiger partial charge in [-0.05, 0) is 67.1 Å². The SMILES string of the molecule is O=C1/C(=C/c2ccc(-c3ccc(Cl)cc3Cl)o2)SC(=Nc2ccccc2F)N1C1CCCCC1. The van der Waals surface area contributed by atoms with Crippen LogP contribution in [0.5, 0.6) is 0 Å². The lowest BCUT2D eigenvalue weighted by Gasteiger charge is -2.30. The summed E-state index contributed by atoms with van der Waals surface area (Å²) < 4.78 is 20.3. The molecular formula is C26H21Cl2FN2O2S. The van der Waals surface area contributed by atoms with Gasteiger partial charge in [0.15, 0.2) is 5.17 Å². The molecule has 0 spiro atoms. The lowest BCUT2D eigenvalue weighted by Crippen LogP contribution is -2.40. The fourth-order valence-corrected chi connectivity index (χ4v) is 5.80. The Bertz CT molecular complexity index is 1300. The summed E-state index contributed by atoms with van der Waals surface area (Å²) in [5.41, 5.74) is 0.935. The van der Waals surface area contributed by atoms with Gasteiger partial charge in [-0.1, -0.05) is 54.6 Å². The number of hydrogen-bond acceptors (Lipinski definition) is 4. The van der Waals surface area contributed by atoms with Crippen molar-refractivity contribution in [2.24, 2.45) is 4.99 Å². The molecule has 3 aromatic rings. The molecule has 174 valence electrons. The predicted octanol–water partition coefficient (Wildman–Crippen LogP) is 8.33. The summed E-state index contributed by atoms with van der Waals surface area (Å²) in [5.74, 6) is 0.551. The fraction of sp³-hybridized carbons (Fsp3) is 0.231.